The first kappa shape index (κ1) is 14.4. The first-order valence-electron chi connectivity index (χ1n) is 6.58. The van der Waals surface area contributed by atoms with Crippen molar-refractivity contribution in [2.24, 2.45) is 0 Å². The summed E-state index contributed by atoms with van der Waals surface area (Å²) in [5.74, 6) is 1.28. The Morgan fingerprint density at radius 2 is 1.90 bits per heavy atom. The quantitative estimate of drug-likeness (QED) is 0.586. The normalized spacial score (nSPS) is 10.8. The first-order valence-corrected chi connectivity index (χ1v) is 7.91. The molecule has 0 saturated heterocycles. The molecule has 3 rings (SSSR count). The van der Waals surface area contributed by atoms with Crippen LogP contribution < -0.4 is 4.74 Å². The predicted molar refractivity (Wildman–Crippen MR) is 89.8 cm³/mol. The monoisotopic (exact) mass is 361 g/mol. The zero-order chi connectivity index (χ0) is 14.7. The van der Waals surface area contributed by atoms with Gasteiger partial charge in [0.15, 0.2) is 0 Å². The maximum absolute atomic E-state index is 5.82. The molecule has 0 saturated carbocycles. The Labute approximate surface area is 136 Å². The van der Waals surface area contributed by atoms with Crippen molar-refractivity contribution in [3.8, 4) is 5.75 Å². The molecule has 3 aromatic rings. The summed E-state index contributed by atoms with van der Waals surface area (Å²) in [6, 6.07) is 17.9. The molecule has 0 atom stereocenters. The largest absolute Gasteiger partial charge is 0.486 e. The van der Waals surface area contributed by atoms with Crippen LogP contribution in [0.3, 0.4) is 0 Å². The van der Waals surface area contributed by atoms with Crippen molar-refractivity contribution in [1.82, 2.24) is 4.98 Å². The highest BCUT2D eigenvalue weighted by molar-refractivity contribution is 9.10. The molecule has 0 bridgehead atoms. The van der Waals surface area contributed by atoms with E-state index in [9.17, 15) is 0 Å². The highest BCUT2D eigenvalue weighted by atomic mass is 79.9. The summed E-state index contributed by atoms with van der Waals surface area (Å²) in [5, 5.41) is 1.13. The van der Waals surface area contributed by atoms with Gasteiger partial charge < -0.3 is 4.74 Å². The topological polar surface area (TPSA) is 22.1 Å². The van der Waals surface area contributed by atoms with E-state index in [4.69, 9.17) is 16.3 Å². The van der Waals surface area contributed by atoms with E-state index in [1.165, 1.54) is 0 Å². The molecule has 0 unspecified atom stereocenters. The Kier molecular flexibility index (Phi) is 4.42. The third-order valence-electron chi connectivity index (χ3n) is 3.18. The second-order valence-corrected chi connectivity index (χ2v) is 5.80. The lowest BCUT2D eigenvalue weighted by atomic mass is 10.2. The number of alkyl halides is 1. The van der Waals surface area contributed by atoms with Crippen LogP contribution in [0.5, 0.6) is 5.75 Å². The smallest absolute Gasteiger partial charge is 0.134 e. The van der Waals surface area contributed by atoms with Crippen molar-refractivity contribution in [2.75, 3.05) is 0 Å². The Balaban J connectivity index is 1.77. The van der Waals surface area contributed by atoms with Crippen LogP contribution in [0.25, 0.3) is 10.9 Å². The molecular weight excluding hydrogens is 350 g/mol. The van der Waals surface area contributed by atoms with Crippen LogP contribution in [0.2, 0.25) is 0 Å². The fraction of sp³-hybridized carbons (Fsp3) is 0.118. The summed E-state index contributed by atoms with van der Waals surface area (Å²) >= 11 is 9.31. The maximum atomic E-state index is 5.82. The Bertz CT molecular complexity index is 776. The van der Waals surface area contributed by atoms with Gasteiger partial charge in [-0.3, -0.25) is 0 Å². The number of hydrogen-bond acceptors (Lipinski definition) is 2. The van der Waals surface area contributed by atoms with E-state index >= 15 is 0 Å². The van der Waals surface area contributed by atoms with Crippen molar-refractivity contribution in [2.45, 2.75) is 12.5 Å². The van der Waals surface area contributed by atoms with Gasteiger partial charge in [-0.25, -0.2) is 4.98 Å². The van der Waals surface area contributed by atoms with Gasteiger partial charge in [-0.05, 0) is 45.8 Å². The van der Waals surface area contributed by atoms with Gasteiger partial charge in [-0.15, -0.1) is 11.6 Å². The fourth-order valence-electron chi connectivity index (χ4n) is 2.08. The molecule has 0 amide bonds. The van der Waals surface area contributed by atoms with E-state index in [-0.39, 0.29) is 0 Å². The van der Waals surface area contributed by atoms with Gasteiger partial charge in [0.05, 0.1) is 15.7 Å². The minimum Gasteiger partial charge on any atom is -0.486 e. The Morgan fingerprint density at radius 1 is 1.05 bits per heavy atom. The van der Waals surface area contributed by atoms with Crippen LogP contribution in [0.4, 0.5) is 0 Å². The lowest BCUT2D eigenvalue weighted by molar-refractivity contribution is 0.300. The van der Waals surface area contributed by atoms with Gasteiger partial charge in [0.2, 0.25) is 0 Å². The molecule has 0 spiro atoms. The van der Waals surface area contributed by atoms with Gasteiger partial charge in [0, 0.05) is 11.3 Å². The molecular formula is C17H13BrClNO. The van der Waals surface area contributed by atoms with Gasteiger partial charge in [-0.2, -0.15) is 0 Å². The summed E-state index contributed by atoms with van der Waals surface area (Å²) in [6.45, 7) is 0.434. The number of nitrogens with zero attached hydrogens (tertiary/aromatic N) is 1. The van der Waals surface area contributed by atoms with Gasteiger partial charge in [0.25, 0.3) is 0 Å². The zero-order valence-corrected chi connectivity index (χ0v) is 13.6. The summed E-state index contributed by atoms with van der Waals surface area (Å²) in [6.07, 6.45) is 0. The van der Waals surface area contributed by atoms with Crippen LogP contribution in [0.1, 0.15) is 11.3 Å². The average Bonchev–Trinajstić information content (AvgIpc) is 2.53. The standard InChI is InChI=1S/C17H13BrClNO/c18-15-9-12(10-19)5-8-17(15)21-11-14-7-6-13-3-1-2-4-16(13)20-14/h1-9H,10-11H2. The molecule has 1 aromatic heterocycles. The fourth-order valence-corrected chi connectivity index (χ4v) is 2.79. The number of rotatable bonds is 4. The third kappa shape index (κ3) is 3.36. The van der Waals surface area contributed by atoms with Gasteiger partial charge >= 0.3 is 0 Å². The van der Waals surface area contributed by atoms with Gasteiger partial charge in [-0.1, -0.05) is 30.3 Å². The van der Waals surface area contributed by atoms with Gasteiger partial charge in [0.1, 0.15) is 12.4 Å². The third-order valence-corrected chi connectivity index (χ3v) is 4.11. The molecule has 2 aromatic carbocycles. The van der Waals surface area contributed by atoms with Crippen molar-refractivity contribution < 1.29 is 4.74 Å². The number of pyridine rings is 1. The van der Waals surface area contributed by atoms with E-state index in [1.807, 2.05) is 42.5 Å². The maximum Gasteiger partial charge on any atom is 0.134 e. The molecule has 4 heteroatoms. The first-order chi connectivity index (χ1) is 10.3. The lowest BCUT2D eigenvalue weighted by Crippen LogP contribution is -1.99. The minimum absolute atomic E-state index is 0.434. The summed E-state index contributed by atoms with van der Waals surface area (Å²) in [4.78, 5) is 4.59. The van der Waals surface area contributed by atoms with Crippen LogP contribution in [-0.4, -0.2) is 4.98 Å². The number of benzene rings is 2. The predicted octanol–water partition coefficient (Wildman–Crippen LogP) is 5.32. The summed E-state index contributed by atoms with van der Waals surface area (Å²) in [7, 11) is 0. The van der Waals surface area contributed by atoms with E-state index < -0.39 is 0 Å². The number of hydrogen-bond donors (Lipinski definition) is 0. The molecule has 2 nitrogen and oxygen atoms in total. The number of fused-ring (bicyclic) bond motifs is 1. The van der Waals surface area contributed by atoms with Crippen LogP contribution >= 0.6 is 27.5 Å². The van der Waals surface area contributed by atoms with Crippen LogP contribution in [0, 0.1) is 0 Å². The molecule has 0 aliphatic rings. The molecule has 21 heavy (non-hydrogen) atoms. The zero-order valence-electron chi connectivity index (χ0n) is 11.2. The molecule has 0 N–H and O–H groups in total. The second-order valence-electron chi connectivity index (χ2n) is 4.68. The summed E-state index contributed by atoms with van der Waals surface area (Å²) in [5.41, 5.74) is 2.94. The van der Waals surface area contributed by atoms with E-state index in [0.717, 1.165) is 32.4 Å². The van der Waals surface area contributed by atoms with Crippen molar-refractivity contribution >= 4 is 38.4 Å². The van der Waals surface area contributed by atoms with Crippen LogP contribution in [-0.2, 0) is 12.5 Å². The van der Waals surface area contributed by atoms with Crippen molar-refractivity contribution in [3.05, 3.63) is 70.3 Å². The lowest BCUT2D eigenvalue weighted by Gasteiger charge is -2.09. The average molecular weight is 363 g/mol. The molecule has 0 radical (unpaired) electrons. The summed E-state index contributed by atoms with van der Waals surface area (Å²) < 4.78 is 6.72. The highest BCUT2D eigenvalue weighted by Crippen LogP contribution is 2.27. The Hall–Kier alpha value is -1.58. The van der Waals surface area contributed by atoms with Crippen LogP contribution in [0.15, 0.2) is 59.1 Å². The Morgan fingerprint density at radius 3 is 2.71 bits per heavy atom. The highest BCUT2D eigenvalue weighted by Gasteiger charge is 2.04. The number of halogens is 2. The molecule has 0 aliphatic carbocycles. The number of ether oxygens (including phenoxy) is 1. The molecule has 0 fully saturated rings. The molecule has 106 valence electrons. The SMILES string of the molecule is ClCc1ccc(OCc2ccc3ccccc3n2)c(Br)c1. The minimum atomic E-state index is 0.434. The van der Waals surface area contributed by atoms with E-state index in [1.54, 1.807) is 0 Å². The number of para-hydroxylation sites is 1. The second kappa shape index (κ2) is 6.46. The van der Waals surface area contributed by atoms with E-state index in [0.29, 0.717) is 12.5 Å². The van der Waals surface area contributed by atoms with Crippen molar-refractivity contribution in [1.29, 1.82) is 0 Å². The van der Waals surface area contributed by atoms with E-state index in [2.05, 4.69) is 33.0 Å². The van der Waals surface area contributed by atoms with Crippen molar-refractivity contribution in [3.63, 3.8) is 0 Å². The molecule has 0 aliphatic heterocycles. The molecule has 1 heterocycles. The number of aromatic nitrogens is 1.